The van der Waals surface area contributed by atoms with Gasteiger partial charge in [-0.15, -0.1) is 0 Å². The first-order valence-electron chi connectivity index (χ1n) is 2.50. The molecule has 0 aromatic carbocycles. The predicted molar refractivity (Wildman–Crippen MR) is 30.8 cm³/mol. The first-order valence-corrected chi connectivity index (χ1v) is 2.50. The summed E-state index contributed by atoms with van der Waals surface area (Å²) in [6.07, 6.45) is 0.833. The highest BCUT2D eigenvalue weighted by Crippen LogP contribution is 1.79. The summed E-state index contributed by atoms with van der Waals surface area (Å²) in [4.78, 5) is 10.1. The Kier molecular flexibility index (Phi) is 2.95. The van der Waals surface area contributed by atoms with Gasteiger partial charge in [-0.05, 0) is 6.42 Å². The van der Waals surface area contributed by atoms with E-state index in [2.05, 4.69) is 0 Å². The van der Waals surface area contributed by atoms with Crippen LogP contribution >= 0.6 is 0 Å². The van der Waals surface area contributed by atoms with Gasteiger partial charge in [0.1, 0.15) is 0 Å². The monoisotopic (exact) mass is 117 g/mol. The molecule has 8 heavy (non-hydrogen) atoms. The SMILES string of the molecule is CCCN(N)C(N)=O. The summed E-state index contributed by atoms with van der Waals surface area (Å²) >= 11 is 0. The largest absolute Gasteiger partial charge is 0.350 e. The molecular formula is C4H11N3O. The van der Waals surface area contributed by atoms with E-state index in [0.717, 1.165) is 11.4 Å². The number of rotatable bonds is 2. The fourth-order valence-electron chi connectivity index (χ4n) is 0.351. The number of hydrogen-bond donors (Lipinski definition) is 2. The maximum absolute atomic E-state index is 10.1. The Morgan fingerprint density at radius 1 is 1.75 bits per heavy atom. The molecule has 0 unspecified atom stereocenters. The lowest BCUT2D eigenvalue weighted by Gasteiger charge is -2.10. The number of hydrazine groups is 1. The fourth-order valence-corrected chi connectivity index (χ4v) is 0.351. The number of primary amides is 1. The molecule has 0 aliphatic carbocycles. The van der Waals surface area contributed by atoms with Crippen LogP contribution in [0.2, 0.25) is 0 Å². The maximum Gasteiger partial charge on any atom is 0.328 e. The normalized spacial score (nSPS) is 8.75. The van der Waals surface area contributed by atoms with E-state index in [1.54, 1.807) is 0 Å². The maximum atomic E-state index is 10.1. The minimum atomic E-state index is -0.577. The van der Waals surface area contributed by atoms with Crippen LogP contribution in [0.5, 0.6) is 0 Å². The average molecular weight is 117 g/mol. The minimum absolute atomic E-state index is 0.523. The molecule has 0 atom stereocenters. The van der Waals surface area contributed by atoms with Gasteiger partial charge in [-0.25, -0.2) is 10.6 Å². The van der Waals surface area contributed by atoms with Gasteiger partial charge in [0.05, 0.1) is 0 Å². The van der Waals surface area contributed by atoms with Gasteiger partial charge in [0.15, 0.2) is 0 Å². The lowest BCUT2D eigenvalue weighted by molar-refractivity contribution is 0.209. The van der Waals surface area contributed by atoms with Crippen molar-refractivity contribution in [3.05, 3.63) is 0 Å². The first-order chi connectivity index (χ1) is 3.68. The summed E-state index contributed by atoms with van der Waals surface area (Å²) in [6.45, 7) is 2.44. The number of nitrogens with two attached hydrogens (primary N) is 2. The molecule has 0 aliphatic rings. The van der Waals surface area contributed by atoms with Crippen LogP contribution in [0, 0.1) is 0 Å². The van der Waals surface area contributed by atoms with E-state index in [0.29, 0.717) is 6.54 Å². The Bertz CT molecular complexity index is 83.4. The molecule has 0 saturated heterocycles. The van der Waals surface area contributed by atoms with Crippen molar-refractivity contribution in [2.45, 2.75) is 13.3 Å². The van der Waals surface area contributed by atoms with E-state index in [1.165, 1.54) is 0 Å². The first kappa shape index (κ1) is 7.23. The van der Waals surface area contributed by atoms with E-state index in [-0.39, 0.29) is 0 Å². The highest BCUT2D eigenvalue weighted by Gasteiger charge is 1.98. The molecule has 0 saturated carbocycles. The Morgan fingerprint density at radius 2 is 2.25 bits per heavy atom. The van der Waals surface area contributed by atoms with Gasteiger partial charge < -0.3 is 5.73 Å². The van der Waals surface area contributed by atoms with Gasteiger partial charge in [0.25, 0.3) is 0 Å². The van der Waals surface area contributed by atoms with E-state index in [9.17, 15) is 4.79 Å². The zero-order valence-corrected chi connectivity index (χ0v) is 4.92. The lowest BCUT2D eigenvalue weighted by Crippen LogP contribution is -2.41. The third kappa shape index (κ3) is 2.41. The summed E-state index contributed by atoms with van der Waals surface area (Å²) in [5.41, 5.74) is 4.78. The second kappa shape index (κ2) is 3.26. The van der Waals surface area contributed by atoms with Crippen molar-refractivity contribution in [1.82, 2.24) is 5.01 Å². The fraction of sp³-hybridized carbons (Fsp3) is 0.750. The second-order valence-electron chi connectivity index (χ2n) is 1.53. The second-order valence-corrected chi connectivity index (χ2v) is 1.53. The molecule has 0 spiro atoms. The zero-order valence-electron chi connectivity index (χ0n) is 4.92. The molecule has 4 heteroatoms. The zero-order chi connectivity index (χ0) is 6.57. The van der Waals surface area contributed by atoms with Crippen molar-refractivity contribution in [2.75, 3.05) is 6.54 Å². The molecular weight excluding hydrogens is 106 g/mol. The summed E-state index contributed by atoms with van der Waals surface area (Å²) < 4.78 is 0. The lowest BCUT2D eigenvalue weighted by atomic mass is 10.5. The van der Waals surface area contributed by atoms with Crippen molar-refractivity contribution in [3.8, 4) is 0 Å². The molecule has 0 fully saturated rings. The van der Waals surface area contributed by atoms with Crippen LogP contribution in [0.4, 0.5) is 4.79 Å². The van der Waals surface area contributed by atoms with E-state index in [1.807, 2.05) is 6.92 Å². The van der Waals surface area contributed by atoms with Gasteiger partial charge in [0, 0.05) is 6.54 Å². The van der Waals surface area contributed by atoms with Crippen LogP contribution in [0.3, 0.4) is 0 Å². The molecule has 0 aliphatic heterocycles. The topological polar surface area (TPSA) is 72.3 Å². The van der Waals surface area contributed by atoms with Crippen LogP contribution in [0.15, 0.2) is 0 Å². The molecule has 2 amide bonds. The van der Waals surface area contributed by atoms with Crippen LogP contribution in [0.25, 0.3) is 0 Å². The molecule has 0 radical (unpaired) electrons. The van der Waals surface area contributed by atoms with Gasteiger partial charge in [-0.3, -0.25) is 5.01 Å². The highest BCUT2D eigenvalue weighted by molar-refractivity contribution is 5.71. The number of carbonyl (C=O) groups is 1. The summed E-state index contributed by atoms with van der Waals surface area (Å²) in [5.74, 6) is 5.09. The van der Waals surface area contributed by atoms with Gasteiger partial charge >= 0.3 is 6.03 Å². The van der Waals surface area contributed by atoms with E-state index < -0.39 is 6.03 Å². The van der Waals surface area contributed by atoms with Crippen LogP contribution in [0.1, 0.15) is 13.3 Å². The number of urea groups is 1. The molecule has 0 heterocycles. The minimum Gasteiger partial charge on any atom is -0.350 e. The van der Waals surface area contributed by atoms with Crippen LogP contribution < -0.4 is 11.6 Å². The van der Waals surface area contributed by atoms with Crippen molar-refractivity contribution in [3.63, 3.8) is 0 Å². The third-order valence-corrected chi connectivity index (χ3v) is 0.748. The summed E-state index contributed by atoms with van der Waals surface area (Å²) in [7, 11) is 0. The van der Waals surface area contributed by atoms with Crippen molar-refractivity contribution < 1.29 is 4.79 Å². The molecule has 0 aromatic rings. The standard InChI is InChI=1S/C4H11N3O/c1-2-3-7(6)4(5)8/h2-3,6H2,1H3,(H2,5,8). The molecule has 48 valence electrons. The molecule has 0 rings (SSSR count). The van der Waals surface area contributed by atoms with Crippen LogP contribution in [-0.4, -0.2) is 17.6 Å². The Labute approximate surface area is 48.4 Å². The smallest absolute Gasteiger partial charge is 0.328 e. The summed E-state index contributed by atoms with van der Waals surface area (Å²) in [6, 6.07) is -0.577. The Hall–Kier alpha value is -0.770. The molecule has 4 N–H and O–H groups in total. The van der Waals surface area contributed by atoms with E-state index >= 15 is 0 Å². The Balaban J connectivity index is 3.32. The van der Waals surface area contributed by atoms with Crippen molar-refractivity contribution in [2.24, 2.45) is 11.6 Å². The van der Waals surface area contributed by atoms with Crippen molar-refractivity contribution in [1.29, 1.82) is 0 Å². The predicted octanol–water partition coefficient (Wildman–Crippen LogP) is -0.349. The van der Waals surface area contributed by atoms with Gasteiger partial charge in [-0.2, -0.15) is 0 Å². The molecule has 0 aromatic heterocycles. The number of nitrogens with zero attached hydrogens (tertiary/aromatic N) is 1. The number of amides is 2. The van der Waals surface area contributed by atoms with Gasteiger partial charge in [0.2, 0.25) is 0 Å². The number of carbonyl (C=O) groups excluding carboxylic acids is 1. The third-order valence-electron chi connectivity index (χ3n) is 0.748. The van der Waals surface area contributed by atoms with Gasteiger partial charge in [-0.1, -0.05) is 6.92 Å². The highest BCUT2D eigenvalue weighted by atomic mass is 16.2. The van der Waals surface area contributed by atoms with E-state index in [4.69, 9.17) is 11.6 Å². The average Bonchev–Trinajstić information content (AvgIpc) is 1.67. The Morgan fingerprint density at radius 3 is 2.38 bits per heavy atom. The molecule has 0 bridgehead atoms. The quantitative estimate of drug-likeness (QED) is 0.295. The summed E-state index contributed by atoms with van der Waals surface area (Å²) in [5, 5.41) is 0.986. The van der Waals surface area contributed by atoms with Crippen molar-refractivity contribution >= 4 is 6.03 Å². The molecule has 4 nitrogen and oxygen atoms in total. The number of hydrogen-bond acceptors (Lipinski definition) is 2. The van der Waals surface area contributed by atoms with Crippen LogP contribution in [-0.2, 0) is 0 Å².